The SMILES string of the molecule is CCNC(=O)NCCN(C)C(=O)CC[C@H](N)C(=O)OC.Cl. The average Bonchev–Trinajstić information content (AvgIpc) is 2.43. The number of urea groups is 1. The monoisotopic (exact) mass is 324 g/mol. The van der Waals surface area contributed by atoms with Gasteiger partial charge in [-0.25, -0.2) is 4.79 Å². The Morgan fingerprint density at radius 2 is 1.90 bits per heavy atom. The Kier molecular flexibility index (Phi) is 12.7. The van der Waals surface area contributed by atoms with Crippen molar-refractivity contribution in [2.45, 2.75) is 25.8 Å². The summed E-state index contributed by atoms with van der Waals surface area (Å²) in [6.45, 7) is 3.12. The second kappa shape index (κ2) is 12.2. The lowest BCUT2D eigenvalue weighted by Crippen LogP contribution is -2.41. The van der Waals surface area contributed by atoms with Crippen molar-refractivity contribution >= 4 is 30.3 Å². The lowest BCUT2D eigenvalue weighted by atomic mass is 10.1. The summed E-state index contributed by atoms with van der Waals surface area (Å²) in [5, 5.41) is 5.20. The van der Waals surface area contributed by atoms with Crippen LogP contribution in [0.15, 0.2) is 0 Å². The number of nitrogens with one attached hydrogen (secondary N) is 2. The van der Waals surface area contributed by atoms with Gasteiger partial charge in [0.1, 0.15) is 6.04 Å². The molecule has 0 radical (unpaired) electrons. The van der Waals surface area contributed by atoms with E-state index in [0.29, 0.717) is 19.6 Å². The molecule has 0 aliphatic rings. The predicted octanol–water partition coefficient (Wildman–Crippen LogP) is -0.534. The third kappa shape index (κ3) is 9.91. The Bertz CT molecular complexity index is 341. The molecular weight excluding hydrogens is 300 g/mol. The van der Waals surface area contributed by atoms with Crippen molar-refractivity contribution in [2.24, 2.45) is 5.73 Å². The van der Waals surface area contributed by atoms with Gasteiger partial charge in [0.25, 0.3) is 0 Å². The highest BCUT2D eigenvalue weighted by atomic mass is 35.5. The fourth-order valence-corrected chi connectivity index (χ4v) is 1.42. The highest BCUT2D eigenvalue weighted by Crippen LogP contribution is 2.00. The summed E-state index contributed by atoms with van der Waals surface area (Å²) in [6, 6.07) is -1.05. The number of nitrogens with zero attached hydrogens (tertiary/aromatic N) is 1. The molecule has 9 heteroatoms. The van der Waals surface area contributed by atoms with E-state index in [9.17, 15) is 14.4 Å². The van der Waals surface area contributed by atoms with Gasteiger partial charge in [-0.1, -0.05) is 0 Å². The van der Waals surface area contributed by atoms with E-state index in [-0.39, 0.29) is 37.2 Å². The van der Waals surface area contributed by atoms with Crippen molar-refractivity contribution in [3.63, 3.8) is 0 Å². The third-order valence-corrected chi connectivity index (χ3v) is 2.67. The number of hydrogen-bond acceptors (Lipinski definition) is 5. The minimum atomic E-state index is -0.786. The van der Waals surface area contributed by atoms with Gasteiger partial charge in [-0.15, -0.1) is 12.4 Å². The Labute approximate surface area is 131 Å². The highest BCUT2D eigenvalue weighted by molar-refractivity contribution is 5.85. The highest BCUT2D eigenvalue weighted by Gasteiger charge is 2.17. The topological polar surface area (TPSA) is 114 Å². The molecular formula is C12H25ClN4O4. The van der Waals surface area contributed by atoms with Gasteiger partial charge in [0.2, 0.25) is 5.91 Å². The van der Waals surface area contributed by atoms with E-state index in [0.717, 1.165) is 0 Å². The molecule has 124 valence electrons. The standard InChI is InChI=1S/C12H24N4O4.ClH/c1-4-14-12(19)15-7-8-16(2)10(17)6-5-9(13)11(18)20-3;/h9H,4-8,13H2,1-3H3,(H2,14,15,19);1H/t9-;/m0./s1. The van der Waals surface area contributed by atoms with Gasteiger partial charge in [0, 0.05) is 33.1 Å². The number of amides is 3. The van der Waals surface area contributed by atoms with Crippen LogP contribution in [0, 0.1) is 0 Å². The molecule has 21 heavy (non-hydrogen) atoms. The van der Waals surface area contributed by atoms with Crippen LogP contribution < -0.4 is 16.4 Å². The molecule has 0 saturated heterocycles. The summed E-state index contributed by atoms with van der Waals surface area (Å²) in [5.41, 5.74) is 5.54. The van der Waals surface area contributed by atoms with Crippen LogP contribution in [-0.4, -0.2) is 62.6 Å². The largest absolute Gasteiger partial charge is 0.468 e. The molecule has 8 nitrogen and oxygen atoms in total. The first-order valence-electron chi connectivity index (χ1n) is 6.51. The van der Waals surface area contributed by atoms with E-state index < -0.39 is 12.0 Å². The van der Waals surface area contributed by atoms with Gasteiger partial charge in [-0.05, 0) is 13.3 Å². The predicted molar refractivity (Wildman–Crippen MR) is 81.2 cm³/mol. The summed E-state index contributed by atoms with van der Waals surface area (Å²) in [6.07, 6.45) is 0.396. The Hall–Kier alpha value is -1.54. The van der Waals surface area contributed by atoms with Crippen LogP contribution in [0.5, 0.6) is 0 Å². The smallest absolute Gasteiger partial charge is 0.322 e. The quantitative estimate of drug-likeness (QED) is 0.519. The van der Waals surface area contributed by atoms with Crippen LogP contribution in [0.3, 0.4) is 0 Å². The number of rotatable bonds is 8. The van der Waals surface area contributed by atoms with Crippen molar-refractivity contribution in [3.05, 3.63) is 0 Å². The minimum Gasteiger partial charge on any atom is -0.468 e. The number of ether oxygens (including phenoxy) is 1. The van der Waals surface area contributed by atoms with Crippen LogP contribution in [0.2, 0.25) is 0 Å². The van der Waals surface area contributed by atoms with Crippen LogP contribution in [0.4, 0.5) is 4.79 Å². The molecule has 0 aromatic rings. The van der Waals surface area contributed by atoms with Crippen LogP contribution >= 0.6 is 12.4 Å². The minimum absolute atomic E-state index is 0. The third-order valence-electron chi connectivity index (χ3n) is 2.67. The van der Waals surface area contributed by atoms with E-state index in [1.807, 2.05) is 6.92 Å². The summed E-state index contributed by atoms with van der Waals surface area (Å²) in [5.74, 6) is -0.666. The maximum atomic E-state index is 11.7. The van der Waals surface area contributed by atoms with Crippen molar-refractivity contribution in [1.29, 1.82) is 0 Å². The van der Waals surface area contributed by atoms with Gasteiger partial charge in [0.05, 0.1) is 7.11 Å². The van der Waals surface area contributed by atoms with Gasteiger partial charge in [0.15, 0.2) is 0 Å². The first-order chi connectivity index (χ1) is 9.42. The van der Waals surface area contributed by atoms with Gasteiger partial charge < -0.3 is 26.0 Å². The number of esters is 1. The maximum Gasteiger partial charge on any atom is 0.322 e. The second-order valence-electron chi connectivity index (χ2n) is 4.27. The van der Waals surface area contributed by atoms with Crippen LogP contribution in [0.25, 0.3) is 0 Å². The van der Waals surface area contributed by atoms with E-state index in [4.69, 9.17) is 5.73 Å². The summed E-state index contributed by atoms with van der Waals surface area (Å²) >= 11 is 0. The number of likely N-dealkylation sites (N-methyl/N-ethyl adjacent to an activating group) is 1. The van der Waals surface area contributed by atoms with E-state index in [1.54, 1.807) is 7.05 Å². The summed E-state index contributed by atoms with van der Waals surface area (Å²) < 4.78 is 4.48. The Balaban J connectivity index is 0. The van der Waals surface area contributed by atoms with Crippen molar-refractivity contribution in [2.75, 3.05) is 33.8 Å². The average molecular weight is 325 g/mol. The number of nitrogens with two attached hydrogens (primary N) is 1. The number of halogens is 1. The fourth-order valence-electron chi connectivity index (χ4n) is 1.42. The molecule has 4 N–H and O–H groups in total. The molecule has 0 aliphatic carbocycles. The molecule has 0 bridgehead atoms. The fraction of sp³-hybridized carbons (Fsp3) is 0.750. The molecule has 1 atom stereocenters. The van der Waals surface area contributed by atoms with E-state index in [2.05, 4.69) is 15.4 Å². The lowest BCUT2D eigenvalue weighted by Gasteiger charge is -2.18. The number of carbonyl (C=O) groups excluding carboxylic acids is 3. The molecule has 0 fully saturated rings. The molecule has 0 heterocycles. The normalized spacial score (nSPS) is 10.9. The van der Waals surface area contributed by atoms with E-state index in [1.165, 1.54) is 12.0 Å². The van der Waals surface area contributed by atoms with Crippen LogP contribution in [0.1, 0.15) is 19.8 Å². The zero-order valence-corrected chi connectivity index (χ0v) is 13.5. The van der Waals surface area contributed by atoms with Gasteiger partial charge in [-0.2, -0.15) is 0 Å². The molecule has 0 unspecified atom stereocenters. The summed E-state index contributed by atoms with van der Waals surface area (Å²) in [4.78, 5) is 35.4. The maximum absolute atomic E-state index is 11.7. The molecule has 3 amide bonds. The lowest BCUT2D eigenvalue weighted by molar-refractivity contribution is -0.142. The van der Waals surface area contributed by atoms with E-state index >= 15 is 0 Å². The Morgan fingerprint density at radius 1 is 1.29 bits per heavy atom. The number of hydrogen-bond donors (Lipinski definition) is 3. The molecule has 0 aromatic carbocycles. The first kappa shape index (κ1) is 21.8. The van der Waals surface area contributed by atoms with Gasteiger partial charge in [-0.3, -0.25) is 9.59 Å². The van der Waals surface area contributed by atoms with Gasteiger partial charge >= 0.3 is 12.0 Å². The first-order valence-corrected chi connectivity index (χ1v) is 6.51. The molecule has 0 aromatic heterocycles. The van der Waals surface area contributed by atoms with Crippen molar-refractivity contribution in [1.82, 2.24) is 15.5 Å². The van der Waals surface area contributed by atoms with Crippen LogP contribution in [-0.2, 0) is 14.3 Å². The molecule has 0 aliphatic heterocycles. The summed E-state index contributed by atoms with van der Waals surface area (Å²) in [7, 11) is 2.88. The zero-order valence-electron chi connectivity index (χ0n) is 12.7. The molecule has 0 saturated carbocycles. The molecule has 0 spiro atoms. The second-order valence-corrected chi connectivity index (χ2v) is 4.27. The number of carbonyl (C=O) groups is 3. The van der Waals surface area contributed by atoms with Crippen molar-refractivity contribution < 1.29 is 19.1 Å². The zero-order chi connectivity index (χ0) is 15.5. The van der Waals surface area contributed by atoms with Crippen molar-refractivity contribution in [3.8, 4) is 0 Å². The Morgan fingerprint density at radius 3 is 2.43 bits per heavy atom. The molecule has 0 rings (SSSR count). The number of methoxy groups -OCH3 is 1.